The van der Waals surface area contributed by atoms with Crippen LogP contribution in [0, 0.1) is 12.8 Å². The summed E-state index contributed by atoms with van der Waals surface area (Å²) < 4.78 is 2.08. The van der Waals surface area contributed by atoms with Gasteiger partial charge in [-0.3, -0.25) is 18.9 Å². The lowest BCUT2D eigenvalue weighted by atomic mass is 10.2. The molecule has 0 saturated carbocycles. The lowest BCUT2D eigenvalue weighted by Gasteiger charge is -2.14. The molecule has 3 rings (SSSR count). The number of aryl methyl sites for hydroxylation is 1. The van der Waals surface area contributed by atoms with Crippen LogP contribution in [0.2, 0.25) is 0 Å². The number of pyridine rings is 1. The summed E-state index contributed by atoms with van der Waals surface area (Å²) >= 11 is 6.67. The van der Waals surface area contributed by atoms with Gasteiger partial charge in [-0.05, 0) is 37.0 Å². The molecule has 1 N–H and O–H groups in total. The van der Waals surface area contributed by atoms with E-state index in [9.17, 15) is 9.59 Å². The van der Waals surface area contributed by atoms with Gasteiger partial charge in [0.1, 0.15) is 15.8 Å². The number of carbonyl (C=O) groups is 1. The van der Waals surface area contributed by atoms with Crippen molar-refractivity contribution in [2.24, 2.45) is 5.92 Å². The first-order chi connectivity index (χ1) is 14.3. The first-order valence-electron chi connectivity index (χ1n) is 10.3. The Morgan fingerprint density at radius 3 is 2.77 bits per heavy atom. The van der Waals surface area contributed by atoms with Gasteiger partial charge in [0.25, 0.3) is 11.5 Å². The smallest absolute Gasteiger partial charge is 0.267 e. The molecule has 0 atom stereocenters. The van der Waals surface area contributed by atoms with Crippen molar-refractivity contribution in [1.82, 2.24) is 14.3 Å². The largest absolute Gasteiger partial charge is 0.369 e. The summed E-state index contributed by atoms with van der Waals surface area (Å²) in [5.41, 5.74) is 1.70. The van der Waals surface area contributed by atoms with Crippen molar-refractivity contribution in [2.75, 3.05) is 18.4 Å². The molecule has 0 bridgehead atoms. The van der Waals surface area contributed by atoms with Gasteiger partial charge in [-0.15, -0.1) is 0 Å². The molecule has 1 saturated heterocycles. The maximum atomic E-state index is 13.3. The van der Waals surface area contributed by atoms with Crippen LogP contribution in [0.1, 0.15) is 51.2 Å². The summed E-state index contributed by atoms with van der Waals surface area (Å²) in [5.74, 6) is 0.746. The summed E-state index contributed by atoms with van der Waals surface area (Å²) in [5, 5.41) is 3.29. The number of anilines is 1. The number of unbranched alkanes of at least 4 members (excludes halogenated alkanes) is 2. The number of hydrogen-bond donors (Lipinski definition) is 1. The fraction of sp³-hybridized carbons (Fsp3) is 0.455. The zero-order chi connectivity index (χ0) is 21.8. The van der Waals surface area contributed by atoms with E-state index >= 15 is 0 Å². The minimum absolute atomic E-state index is 0.135. The molecule has 1 aliphatic heterocycles. The predicted octanol–water partition coefficient (Wildman–Crippen LogP) is 4.46. The SMILES string of the molecule is CCCCCN1C(=O)/C(=C\c2c(NCC(C)C)nc3c(C)cccn3c2=O)SC1=S. The van der Waals surface area contributed by atoms with Crippen LogP contribution in [0.15, 0.2) is 28.0 Å². The van der Waals surface area contributed by atoms with Crippen molar-refractivity contribution >= 4 is 51.7 Å². The Kier molecular flexibility index (Phi) is 7.31. The van der Waals surface area contributed by atoms with Crippen LogP contribution >= 0.6 is 24.0 Å². The van der Waals surface area contributed by atoms with E-state index in [-0.39, 0.29) is 11.5 Å². The Labute approximate surface area is 186 Å². The van der Waals surface area contributed by atoms with E-state index < -0.39 is 0 Å². The van der Waals surface area contributed by atoms with Crippen LogP contribution < -0.4 is 10.9 Å². The zero-order valence-corrected chi connectivity index (χ0v) is 19.5. The molecular formula is C22H28N4O2S2. The van der Waals surface area contributed by atoms with Gasteiger partial charge in [-0.2, -0.15) is 0 Å². The minimum Gasteiger partial charge on any atom is -0.369 e. The number of hydrogen-bond acceptors (Lipinski definition) is 6. The van der Waals surface area contributed by atoms with Gasteiger partial charge in [0.05, 0.1) is 10.5 Å². The monoisotopic (exact) mass is 444 g/mol. The number of carbonyl (C=O) groups excluding carboxylic acids is 1. The molecule has 2 aromatic heterocycles. The molecule has 0 radical (unpaired) electrons. The highest BCUT2D eigenvalue weighted by molar-refractivity contribution is 8.26. The zero-order valence-electron chi connectivity index (χ0n) is 17.9. The number of nitrogens with one attached hydrogen (secondary N) is 1. The van der Waals surface area contributed by atoms with E-state index in [1.54, 1.807) is 17.2 Å². The van der Waals surface area contributed by atoms with Crippen molar-refractivity contribution in [1.29, 1.82) is 0 Å². The number of fused-ring (bicyclic) bond motifs is 1. The maximum absolute atomic E-state index is 13.3. The second-order valence-electron chi connectivity index (χ2n) is 7.88. The fourth-order valence-corrected chi connectivity index (χ4v) is 4.51. The quantitative estimate of drug-likeness (QED) is 0.368. The third-order valence-electron chi connectivity index (χ3n) is 4.90. The molecule has 2 aromatic rings. The van der Waals surface area contributed by atoms with E-state index in [4.69, 9.17) is 17.2 Å². The number of amides is 1. The van der Waals surface area contributed by atoms with E-state index in [2.05, 4.69) is 26.1 Å². The molecule has 0 spiro atoms. The second kappa shape index (κ2) is 9.75. The molecule has 0 aromatic carbocycles. The number of thiocarbonyl (C=S) groups is 1. The molecule has 30 heavy (non-hydrogen) atoms. The topological polar surface area (TPSA) is 66.7 Å². The average molecular weight is 445 g/mol. The van der Waals surface area contributed by atoms with E-state index in [0.717, 1.165) is 24.8 Å². The van der Waals surface area contributed by atoms with E-state index in [1.165, 1.54) is 16.2 Å². The van der Waals surface area contributed by atoms with Gasteiger partial charge in [0.2, 0.25) is 0 Å². The third kappa shape index (κ3) is 4.75. The highest BCUT2D eigenvalue weighted by atomic mass is 32.2. The van der Waals surface area contributed by atoms with E-state index in [1.807, 2.05) is 19.1 Å². The summed E-state index contributed by atoms with van der Waals surface area (Å²) in [7, 11) is 0. The summed E-state index contributed by atoms with van der Waals surface area (Å²) in [6.07, 6.45) is 6.39. The number of thioether (sulfide) groups is 1. The second-order valence-corrected chi connectivity index (χ2v) is 9.56. The van der Waals surface area contributed by atoms with Gasteiger partial charge in [-0.25, -0.2) is 4.98 Å². The molecule has 6 nitrogen and oxygen atoms in total. The molecule has 160 valence electrons. The lowest BCUT2D eigenvalue weighted by Crippen LogP contribution is -2.29. The summed E-state index contributed by atoms with van der Waals surface area (Å²) in [6, 6.07) is 3.75. The molecule has 0 unspecified atom stereocenters. The van der Waals surface area contributed by atoms with Crippen molar-refractivity contribution in [2.45, 2.75) is 47.0 Å². The number of nitrogens with zero attached hydrogens (tertiary/aromatic N) is 3. The van der Waals surface area contributed by atoms with Gasteiger partial charge >= 0.3 is 0 Å². The molecule has 1 fully saturated rings. The summed E-state index contributed by atoms with van der Waals surface area (Å²) in [4.78, 5) is 33.0. The standard InChI is InChI=1S/C22H28N4O2S2/c1-5-6-7-10-26-21(28)17(30-22(26)29)12-16-18(23-13-14(2)3)24-19-15(4)9-8-11-25(19)20(16)27/h8-9,11-12,14,23H,5-7,10,13H2,1-4H3/b17-12+. The summed E-state index contributed by atoms with van der Waals surface area (Å²) in [6.45, 7) is 9.52. The van der Waals surface area contributed by atoms with Gasteiger partial charge in [0, 0.05) is 19.3 Å². The Hall–Kier alpha value is -2.19. The van der Waals surface area contributed by atoms with Crippen molar-refractivity contribution < 1.29 is 4.79 Å². The molecule has 0 aliphatic carbocycles. The fourth-order valence-electron chi connectivity index (χ4n) is 3.22. The molecule has 8 heteroatoms. The minimum atomic E-state index is -0.203. The van der Waals surface area contributed by atoms with Crippen molar-refractivity contribution in [3.63, 3.8) is 0 Å². The van der Waals surface area contributed by atoms with E-state index in [0.29, 0.717) is 45.3 Å². The van der Waals surface area contributed by atoms with Gasteiger partial charge in [-0.1, -0.05) is 63.7 Å². The molecular weight excluding hydrogens is 416 g/mol. The number of aromatic nitrogens is 2. The maximum Gasteiger partial charge on any atom is 0.267 e. The molecule has 1 amide bonds. The van der Waals surface area contributed by atoms with Crippen LogP contribution in [0.3, 0.4) is 0 Å². The molecule has 3 heterocycles. The Balaban J connectivity index is 2.05. The van der Waals surface area contributed by atoms with Crippen LogP contribution in [-0.4, -0.2) is 37.6 Å². The van der Waals surface area contributed by atoms with Crippen LogP contribution in [0.25, 0.3) is 11.7 Å². The first kappa shape index (κ1) is 22.5. The highest BCUT2D eigenvalue weighted by Gasteiger charge is 2.32. The highest BCUT2D eigenvalue weighted by Crippen LogP contribution is 2.33. The predicted molar refractivity (Wildman–Crippen MR) is 129 cm³/mol. The first-order valence-corrected chi connectivity index (χ1v) is 11.6. The van der Waals surface area contributed by atoms with Gasteiger partial charge in [0.15, 0.2) is 0 Å². The lowest BCUT2D eigenvalue weighted by molar-refractivity contribution is -0.122. The van der Waals surface area contributed by atoms with Crippen LogP contribution in [-0.2, 0) is 4.79 Å². The van der Waals surface area contributed by atoms with Crippen molar-refractivity contribution in [3.8, 4) is 0 Å². The number of rotatable bonds is 8. The van der Waals surface area contributed by atoms with Gasteiger partial charge < -0.3 is 5.32 Å². The third-order valence-corrected chi connectivity index (χ3v) is 6.27. The van der Waals surface area contributed by atoms with Crippen LogP contribution in [0.4, 0.5) is 5.82 Å². The Morgan fingerprint density at radius 2 is 2.07 bits per heavy atom. The van der Waals surface area contributed by atoms with Crippen molar-refractivity contribution in [3.05, 3.63) is 44.7 Å². The Morgan fingerprint density at radius 1 is 1.30 bits per heavy atom. The average Bonchev–Trinajstić information content (AvgIpc) is 2.97. The molecule has 1 aliphatic rings. The van der Waals surface area contributed by atoms with Crippen LogP contribution in [0.5, 0.6) is 0 Å². The Bertz CT molecular complexity index is 1060. The normalized spacial score (nSPS) is 15.8.